The van der Waals surface area contributed by atoms with Crippen LogP contribution in [0.25, 0.3) is 0 Å². The lowest BCUT2D eigenvalue weighted by atomic mass is 10.0. The number of rotatable bonds is 5. The van der Waals surface area contributed by atoms with Gasteiger partial charge in [0.25, 0.3) is 0 Å². The quantitative estimate of drug-likeness (QED) is 0.830. The molecule has 1 aromatic rings. The van der Waals surface area contributed by atoms with E-state index < -0.39 is 0 Å². The summed E-state index contributed by atoms with van der Waals surface area (Å²) in [6.07, 6.45) is 3.50. The molecule has 25 heavy (non-hydrogen) atoms. The molecule has 3 atom stereocenters. The van der Waals surface area contributed by atoms with Gasteiger partial charge in [-0.1, -0.05) is 6.07 Å². The molecule has 1 amide bonds. The van der Waals surface area contributed by atoms with Gasteiger partial charge in [0.05, 0.1) is 12.1 Å². The van der Waals surface area contributed by atoms with Crippen molar-refractivity contribution in [1.29, 1.82) is 0 Å². The Kier molecular flexibility index (Phi) is 5.71. The first-order chi connectivity index (χ1) is 11.7. The Bertz CT molecular complexity index is 623. The largest absolute Gasteiger partial charge is 0.486 e. The predicted molar refractivity (Wildman–Crippen MR) is 95.2 cm³/mol. The van der Waals surface area contributed by atoms with Crippen molar-refractivity contribution in [3.8, 4) is 11.5 Å². The molecule has 6 nitrogen and oxygen atoms in total. The smallest absolute Gasteiger partial charge is 0.249 e. The fraction of sp³-hybridized carbons (Fsp3) is 0.611. The predicted octanol–water partition coefficient (Wildman–Crippen LogP) is 1.95. The minimum Gasteiger partial charge on any atom is -0.486 e. The van der Waals surface area contributed by atoms with Gasteiger partial charge in [0.15, 0.2) is 11.5 Å². The summed E-state index contributed by atoms with van der Waals surface area (Å²) in [5.41, 5.74) is 6.70. The van der Waals surface area contributed by atoms with Crippen molar-refractivity contribution in [2.45, 2.75) is 43.9 Å². The Labute approximate surface area is 153 Å². The number of benzene rings is 1. The average Bonchev–Trinajstić information content (AvgIpc) is 3.34. The topological polar surface area (TPSA) is 82.8 Å². The van der Waals surface area contributed by atoms with E-state index in [1.54, 1.807) is 0 Å². The molecule has 1 saturated heterocycles. The summed E-state index contributed by atoms with van der Waals surface area (Å²) in [7, 11) is 0. The summed E-state index contributed by atoms with van der Waals surface area (Å²) in [5.74, 6) is 2.00. The van der Waals surface area contributed by atoms with Gasteiger partial charge in [0.1, 0.15) is 19.3 Å². The lowest BCUT2D eigenvalue weighted by Gasteiger charge is -2.24. The van der Waals surface area contributed by atoms with Gasteiger partial charge in [-0.2, -0.15) is 0 Å². The number of carbonyl (C=O) groups excluding carboxylic acids is 1. The number of nitrogens with one attached hydrogen (secondary N) is 1. The highest BCUT2D eigenvalue weighted by Gasteiger charge is 2.37. The molecule has 1 unspecified atom stereocenters. The van der Waals surface area contributed by atoms with Crippen molar-refractivity contribution in [3.63, 3.8) is 0 Å². The second-order valence-electron chi connectivity index (χ2n) is 6.79. The number of halogens is 1. The number of fused-ring (bicyclic) bond motifs is 1. The zero-order chi connectivity index (χ0) is 16.5. The lowest BCUT2D eigenvalue weighted by Crippen LogP contribution is -2.38. The molecular formula is C18H25ClN2O4. The molecule has 2 fully saturated rings. The van der Waals surface area contributed by atoms with E-state index in [4.69, 9.17) is 19.9 Å². The van der Waals surface area contributed by atoms with Crippen LogP contribution in [0.1, 0.15) is 37.3 Å². The van der Waals surface area contributed by atoms with Crippen LogP contribution in [0.2, 0.25) is 0 Å². The molecule has 138 valence electrons. The monoisotopic (exact) mass is 368 g/mol. The van der Waals surface area contributed by atoms with E-state index >= 15 is 0 Å². The van der Waals surface area contributed by atoms with Crippen LogP contribution in [-0.4, -0.2) is 37.9 Å². The Hall–Kier alpha value is -1.50. The van der Waals surface area contributed by atoms with Crippen molar-refractivity contribution < 1.29 is 19.0 Å². The van der Waals surface area contributed by atoms with Gasteiger partial charge < -0.3 is 25.3 Å². The van der Waals surface area contributed by atoms with E-state index in [0.717, 1.165) is 42.7 Å². The number of carbonyl (C=O) groups is 1. The van der Waals surface area contributed by atoms with E-state index in [9.17, 15) is 4.79 Å². The first-order valence-electron chi connectivity index (χ1n) is 8.80. The minimum atomic E-state index is -0.378. The normalized spacial score (nSPS) is 25.8. The molecule has 0 bridgehead atoms. The third-order valence-corrected chi connectivity index (χ3v) is 4.98. The van der Waals surface area contributed by atoms with Crippen LogP contribution in [0.4, 0.5) is 0 Å². The molecular weight excluding hydrogens is 344 g/mol. The summed E-state index contributed by atoms with van der Waals surface area (Å²) < 4.78 is 17.0. The third-order valence-electron chi connectivity index (χ3n) is 4.98. The number of amides is 1. The molecule has 1 saturated carbocycles. The zero-order valence-electron chi connectivity index (χ0n) is 14.1. The average molecular weight is 369 g/mol. The maximum absolute atomic E-state index is 12.6. The molecule has 1 aliphatic carbocycles. The summed E-state index contributed by atoms with van der Waals surface area (Å²) in [4.78, 5) is 12.6. The minimum absolute atomic E-state index is 0. The zero-order valence-corrected chi connectivity index (χ0v) is 14.9. The van der Waals surface area contributed by atoms with Gasteiger partial charge in [0, 0.05) is 6.54 Å². The molecule has 4 rings (SSSR count). The molecule has 0 spiro atoms. The SMILES string of the molecule is Cl.NC[C@H]1CC[C@@H](C(=O)NC(c2ccc3c(c2)OCCO3)C2CC2)O1. The summed E-state index contributed by atoms with van der Waals surface area (Å²) >= 11 is 0. The second kappa shape index (κ2) is 7.81. The third kappa shape index (κ3) is 4.02. The summed E-state index contributed by atoms with van der Waals surface area (Å²) in [5, 5.41) is 3.19. The first kappa shape index (κ1) is 18.3. The van der Waals surface area contributed by atoms with Crippen LogP contribution in [0.3, 0.4) is 0 Å². The number of nitrogens with two attached hydrogens (primary N) is 1. The van der Waals surface area contributed by atoms with E-state index in [2.05, 4.69) is 5.32 Å². The van der Waals surface area contributed by atoms with Crippen molar-refractivity contribution in [2.24, 2.45) is 11.7 Å². The highest BCUT2D eigenvalue weighted by Crippen LogP contribution is 2.43. The van der Waals surface area contributed by atoms with Crippen molar-refractivity contribution in [2.75, 3.05) is 19.8 Å². The van der Waals surface area contributed by atoms with Crippen molar-refractivity contribution >= 4 is 18.3 Å². The van der Waals surface area contributed by atoms with Crippen LogP contribution in [0.15, 0.2) is 18.2 Å². The Morgan fingerprint density at radius 2 is 1.92 bits per heavy atom. The molecule has 0 radical (unpaired) electrons. The molecule has 2 aliphatic heterocycles. The van der Waals surface area contributed by atoms with Gasteiger partial charge in [0.2, 0.25) is 5.91 Å². The second-order valence-corrected chi connectivity index (χ2v) is 6.79. The number of hydrogen-bond donors (Lipinski definition) is 2. The highest BCUT2D eigenvalue weighted by molar-refractivity contribution is 5.85. The van der Waals surface area contributed by atoms with E-state index in [1.165, 1.54) is 0 Å². The fourth-order valence-corrected chi connectivity index (χ4v) is 3.47. The van der Waals surface area contributed by atoms with Crippen molar-refractivity contribution in [1.82, 2.24) is 5.32 Å². The first-order valence-corrected chi connectivity index (χ1v) is 8.80. The van der Waals surface area contributed by atoms with Crippen LogP contribution < -0.4 is 20.5 Å². The summed E-state index contributed by atoms with van der Waals surface area (Å²) in [6, 6.07) is 5.96. The van der Waals surface area contributed by atoms with E-state index in [-0.39, 0.29) is 36.6 Å². The van der Waals surface area contributed by atoms with Crippen molar-refractivity contribution in [3.05, 3.63) is 23.8 Å². The van der Waals surface area contributed by atoms with Gasteiger partial charge >= 0.3 is 0 Å². The van der Waals surface area contributed by atoms with Crippen LogP contribution in [-0.2, 0) is 9.53 Å². The Morgan fingerprint density at radius 3 is 2.60 bits per heavy atom. The fourth-order valence-electron chi connectivity index (χ4n) is 3.47. The van der Waals surface area contributed by atoms with Gasteiger partial charge in [-0.05, 0) is 49.3 Å². The van der Waals surface area contributed by atoms with Crippen LogP contribution >= 0.6 is 12.4 Å². The Balaban J connectivity index is 0.00000182. The molecule has 7 heteroatoms. The maximum atomic E-state index is 12.6. The van der Waals surface area contributed by atoms with Gasteiger partial charge in [-0.25, -0.2) is 0 Å². The lowest BCUT2D eigenvalue weighted by molar-refractivity contribution is -0.132. The van der Waals surface area contributed by atoms with E-state index in [1.807, 2.05) is 18.2 Å². The molecule has 3 aliphatic rings. The molecule has 2 heterocycles. The van der Waals surface area contributed by atoms with Gasteiger partial charge in [-0.3, -0.25) is 4.79 Å². The van der Waals surface area contributed by atoms with Gasteiger partial charge in [-0.15, -0.1) is 12.4 Å². The molecule has 1 aromatic carbocycles. The van der Waals surface area contributed by atoms with Crippen LogP contribution in [0, 0.1) is 5.92 Å². The maximum Gasteiger partial charge on any atom is 0.249 e. The number of ether oxygens (including phenoxy) is 3. The standard InChI is InChI=1S/C18H24N2O4.ClH/c19-10-13-4-6-15(24-13)18(21)20-17(11-1-2-11)12-3-5-14-16(9-12)23-8-7-22-14;/h3,5,9,11,13,15,17H,1-2,4,6-8,10,19H2,(H,20,21);1H/t13-,15+,17?;/m1./s1. The molecule has 0 aromatic heterocycles. The summed E-state index contributed by atoms with van der Waals surface area (Å²) in [6.45, 7) is 1.61. The molecule has 3 N–H and O–H groups in total. The highest BCUT2D eigenvalue weighted by atomic mass is 35.5. The van der Waals surface area contributed by atoms with E-state index in [0.29, 0.717) is 25.7 Å². The Morgan fingerprint density at radius 1 is 1.16 bits per heavy atom. The number of hydrogen-bond acceptors (Lipinski definition) is 5. The van der Waals surface area contributed by atoms with Crippen LogP contribution in [0.5, 0.6) is 11.5 Å².